The van der Waals surface area contributed by atoms with Gasteiger partial charge >= 0.3 is 6.01 Å². The molecule has 12 heteroatoms. The van der Waals surface area contributed by atoms with Gasteiger partial charge in [0.15, 0.2) is 5.82 Å². The number of hydrogen-bond acceptors (Lipinski definition) is 9. The van der Waals surface area contributed by atoms with Gasteiger partial charge in [0.25, 0.3) is 0 Å². The third-order valence-corrected chi connectivity index (χ3v) is 10.4. The van der Waals surface area contributed by atoms with Crippen LogP contribution in [0.5, 0.6) is 17.6 Å². The molecule has 46 heavy (non-hydrogen) atoms. The van der Waals surface area contributed by atoms with Crippen LogP contribution >= 0.6 is 0 Å². The van der Waals surface area contributed by atoms with Crippen LogP contribution in [0.15, 0.2) is 24.3 Å². The Morgan fingerprint density at radius 3 is 2.83 bits per heavy atom. The first-order valence-corrected chi connectivity index (χ1v) is 16.3. The Morgan fingerprint density at radius 1 is 1.13 bits per heavy atom. The number of hydrogen-bond donors (Lipinski definition) is 2. The molecule has 0 saturated carbocycles. The molecule has 0 spiro atoms. The minimum atomic E-state index is -0.917. The first-order chi connectivity index (χ1) is 22.3. The fraction of sp³-hybridized carbons (Fsp3) is 0.500. The lowest BCUT2D eigenvalue weighted by Crippen LogP contribution is -2.58. The number of phenolic OH excluding ortho intramolecular Hbond substituents is 1. The Kier molecular flexibility index (Phi) is 7.13. The lowest BCUT2D eigenvalue weighted by Gasteiger charge is -2.39. The minimum absolute atomic E-state index is 0.00122. The van der Waals surface area contributed by atoms with Gasteiger partial charge < -0.3 is 24.8 Å². The Bertz CT molecular complexity index is 1860. The Labute approximate surface area is 264 Å². The largest absolute Gasteiger partial charge is 0.508 e. The van der Waals surface area contributed by atoms with E-state index in [4.69, 9.17) is 19.4 Å². The number of aryl methyl sites for hydroxylation is 1. The highest BCUT2D eigenvalue weighted by Crippen LogP contribution is 2.44. The number of fused-ring (bicyclic) bond motifs is 4. The molecule has 242 valence electrons. The van der Waals surface area contributed by atoms with Gasteiger partial charge in [-0.05, 0) is 66.8 Å². The topological polar surface area (TPSA) is 95.9 Å². The molecule has 6 heterocycles. The average molecular weight is 635 g/mol. The summed E-state index contributed by atoms with van der Waals surface area (Å²) in [6, 6.07) is 5.93. The molecule has 0 radical (unpaired) electrons. The molecule has 0 aliphatic carbocycles. The van der Waals surface area contributed by atoms with E-state index in [1.807, 2.05) is 6.92 Å². The second-order valence-corrected chi connectivity index (χ2v) is 13.1. The van der Waals surface area contributed by atoms with Crippen LogP contribution in [0.4, 0.5) is 19.0 Å². The van der Waals surface area contributed by atoms with Crippen molar-refractivity contribution in [3.05, 3.63) is 41.5 Å². The van der Waals surface area contributed by atoms with Gasteiger partial charge in [0.2, 0.25) is 5.88 Å². The van der Waals surface area contributed by atoms with Gasteiger partial charge in [0.05, 0.1) is 11.6 Å². The summed E-state index contributed by atoms with van der Waals surface area (Å²) in [4.78, 5) is 18.4. The van der Waals surface area contributed by atoms with Crippen LogP contribution in [0.1, 0.15) is 45.1 Å². The number of nitrogens with one attached hydrogen (secondary N) is 1. The van der Waals surface area contributed by atoms with Crippen LogP contribution in [0.3, 0.4) is 0 Å². The number of pyridine rings is 1. The summed E-state index contributed by atoms with van der Waals surface area (Å²) >= 11 is 0. The molecule has 9 nitrogen and oxygen atoms in total. The second-order valence-electron chi connectivity index (χ2n) is 13.1. The molecule has 0 bridgehead atoms. The quantitative estimate of drug-likeness (QED) is 0.293. The van der Waals surface area contributed by atoms with Crippen LogP contribution in [0.2, 0.25) is 0 Å². The van der Waals surface area contributed by atoms with Crippen LogP contribution in [-0.2, 0) is 6.42 Å². The van der Waals surface area contributed by atoms with Gasteiger partial charge in [-0.25, -0.2) is 18.2 Å². The zero-order valence-electron chi connectivity index (χ0n) is 26.0. The van der Waals surface area contributed by atoms with Gasteiger partial charge in [0.1, 0.15) is 53.4 Å². The maximum absolute atomic E-state index is 17.0. The smallest absolute Gasteiger partial charge is 0.319 e. The third kappa shape index (κ3) is 4.63. The predicted molar refractivity (Wildman–Crippen MR) is 168 cm³/mol. The highest BCUT2D eigenvalue weighted by molar-refractivity contribution is 6.03. The van der Waals surface area contributed by atoms with E-state index in [9.17, 15) is 9.50 Å². The fourth-order valence-corrected chi connectivity index (χ4v) is 8.06. The van der Waals surface area contributed by atoms with E-state index >= 15 is 8.78 Å². The van der Waals surface area contributed by atoms with E-state index < -0.39 is 23.3 Å². The summed E-state index contributed by atoms with van der Waals surface area (Å²) in [6.45, 7) is 6.86. The SMILES string of the molecule is CCc1c(F)ccc2cc(O)cc(-c3nc4c5c(nc(OC[C@@]67CCCN6C[C@H](F)C7)nc5c3F)N3CC(CC)NC[C@@H]3CO4)c12. The summed E-state index contributed by atoms with van der Waals surface area (Å²) in [5.74, 6) is -0.631. The van der Waals surface area contributed by atoms with Crippen molar-refractivity contribution in [3.63, 3.8) is 0 Å². The molecule has 1 unspecified atom stereocenters. The lowest BCUT2D eigenvalue weighted by molar-refractivity contribution is 0.107. The molecule has 4 aliphatic rings. The number of benzene rings is 2. The summed E-state index contributed by atoms with van der Waals surface area (Å²) in [6.07, 6.45) is 2.48. The van der Waals surface area contributed by atoms with E-state index in [0.29, 0.717) is 60.0 Å². The molecule has 2 aromatic heterocycles. The number of phenols is 1. The van der Waals surface area contributed by atoms with Crippen molar-refractivity contribution in [1.82, 2.24) is 25.2 Å². The maximum atomic E-state index is 17.0. The normalized spacial score (nSPS) is 25.8. The number of ether oxygens (including phenoxy) is 2. The van der Waals surface area contributed by atoms with E-state index in [0.717, 1.165) is 25.8 Å². The van der Waals surface area contributed by atoms with Gasteiger partial charge in [-0.15, -0.1) is 0 Å². The van der Waals surface area contributed by atoms with Gasteiger partial charge in [-0.1, -0.05) is 19.9 Å². The molecule has 4 atom stereocenters. The van der Waals surface area contributed by atoms with Crippen molar-refractivity contribution in [2.75, 3.05) is 44.3 Å². The Balaban J connectivity index is 1.33. The fourth-order valence-electron chi connectivity index (χ4n) is 8.06. The van der Waals surface area contributed by atoms with Crippen molar-refractivity contribution < 1.29 is 27.8 Å². The average Bonchev–Trinajstić information content (AvgIpc) is 3.53. The Morgan fingerprint density at radius 2 is 2.00 bits per heavy atom. The molecule has 3 saturated heterocycles. The van der Waals surface area contributed by atoms with Crippen LogP contribution in [0.25, 0.3) is 32.9 Å². The monoisotopic (exact) mass is 634 g/mol. The molecule has 2 aromatic carbocycles. The van der Waals surface area contributed by atoms with E-state index in [1.165, 1.54) is 18.2 Å². The van der Waals surface area contributed by atoms with Gasteiger partial charge in [-0.3, -0.25) is 4.90 Å². The number of anilines is 1. The van der Waals surface area contributed by atoms with E-state index in [1.54, 1.807) is 6.07 Å². The number of aromatic nitrogens is 3. The molecule has 8 rings (SSSR count). The first kappa shape index (κ1) is 29.5. The molecule has 3 fully saturated rings. The molecule has 4 aromatic rings. The van der Waals surface area contributed by atoms with Crippen molar-refractivity contribution in [3.8, 4) is 28.9 Å². The van der Waals surface area contributed by atoms with Crippen molar-refractivity contribution in [1.29, 1.82) is 0 Å². The summed E-state index contributed by atoms with van der Waals surface area (Å²) in [5.41, 5.74) is 0.0518. The molecular weight excluding hydrogens is 597 g/mol. The van der Waals surface area contributed by atoms with Crippen molar-refractivity contribution in [2.24, 2.45) is 0 Å². The minimum Gasteiger partial charge on any atom is -0.508 e. The zero-order valence-corrected chi connectivity index (χ0v) is 26.0. The predicted octanol–water partition coefficient (Wildman–Crippen LogP) is 5.30. The number of rotatable bonds is 6. The third-order valence-electron chi connectivity index (χ3n) is 10.4. The molecular formula is C34H37F3N6O3. The summed E-state index contributed by atoms with van der Waals surface area (Å²) in [7, 11) is 0. The van der Waals surface area contributed by atoms with Crippen LogP contribution in [0, 0.1) is 11.6 Å². The van der Waals surface area contributed by atoms with Gasteiger partial charge in [0, 0.05) is 37.7 Å². The zero-order chi connectivity index (χ0) is 31.7. The van der Waals surface area contributed by atoms with Crippen molar-refractivity contribution >= 4 is 27.5 Å². The standard InChI is InChI=1S/C34H37F3N6O3/c1-3-20-15-43-21(13-38-20)16-45-32-27-30(40-33(41-31(27)43)46-17-34-8-5-9-42(34)14-19(35)12-34)28(37)29(39-32)24-11-22(44)10-18-6-7-25(36)23(4-2)26(18)24/h6-7,10-11,19-21,38,44H,3-5,8-9,12-17H2,1-2H3/t19-,20?,21-,34+/m1/s1. The molecule has 4 aliphatic heterocycles. The lowest BCUT2D eigenvalue weighted by atomic mass is 9.94. The van der Waals surface area contributed by atoms with Crippen molar-refractivity contribution in [2.45, 2.75) is 69.7 Å². The van der Waals surface area contributed by atoms with Crippen LogP contribution < -0.4 is 19.7 Å². The summed E-state index contributed by atoms with van der Waals surface area (Å²) in [5, 5.41) is 15.6. The van der Waals surface area contributed by atoms with E-state index in [2.05, 4.69) is 27.0 Å². The molecule has 2 N–H and O–H groups in total. The second kappa shape index (κ2) is 11.1. The highest BCUT2D eigenvalue weighted by atomic mass is 19.1. The first-order valence-electron chi connectivity index (χ1n) is 16.3. The summed E-state index contributed by atoms with van der Waals surface area (Å²) < 4.78 is 59.2. The maximum Gasteiger partial charge on any atom is 0.319 e. The number of halogens is 3. The van der Waals surface area contributed by atoms with E-state index in [-0.39, 0.29) is 59.7 Å². The Hall–Kier alpha value is -3.90. The number of piperazine rings is 1. The molecule has 0 amide bonds. The van der Waals surface area contributed by atoms with Gasteiger partial charge in [-0.2, -0.15) is 9.97 Å². The van der Waals surface area contributed by atoms with Crippen LogP contribution in [-0.4, -0.2) is 88.1 Å². The number of nitrogens with zero attached hydrogens (tertiary/aromatic N) is 5. The number of alkyl halides is 1. The highest BCUT2D eigenvalue weighted by Gasteiger charge is 2.49. The number of aromatic hydroxyl groups is 1.